The zero-order chi connectivity index (χ0) is 39.1. The van der Waals surface area contributed by atoms with Crippen molar-refractivity contribution in [2.24, 2.45) is 0 Å². The van der Waals surface area contributed by atoms with Gasteiger partial charge in [-0.05, 0) is 108 Å². The van der Waals surface area contributed by atoms with Crippen LogP contribution in [-0.4, -0.2) is 73.6 Å². The first-order valence-electron chi connectivity index (χ1n) is 18.4. The smallest absolute Gasteiger partial charge is 0.125 e. The van der Waals surface area contributed by atoms with E-state index in [0.717, 1.165) is 94.4 Å². The van der Waals surface area contributed by atoms with Crippen molar-refractivity contribution < 1.29 is 20.1 Å². The van der Waals surface area contributed by atoms with Gasteiger partial charge < -0.3 is 51.0 Å². The van der Waals surface area contributed by atoms with Gasteiger partial charge in [0.2, 0.25) is 0 Å². The Labute approximate surface area is 325 Å². The van der Waals surface area contributed by atoms with E-state index in [2.05, 4.69) is 47.4 Å². The van der Waals surface area contributed by atoms with Crippen LogP contribution in [0.5, 0.6) is 17.2 Å². The van der Waals surface area contributed by atoms with E-state index in [4.69, 9.17) is 4.74 Å². The Balaban J connectivity index is 0.000000142. The Kier molecular flexibility index (Phi) is 13.5. The predicted molar refractivity (Wildman–Crippen MR) is 225 cm³/mol. The molecule has 3 aromatic carbocycles. The Morgan fingerprint density at radius 1 is 0.661 bits per heavy atom. The Morgan fingerprint density at radius 2 is 1.23 bits per heavy atom. The molecule has 0 saturated carbocycles. The number of phenolic OH excluding ortho intramolecular Hbond substituents is 3. The lowest BCUT2D eigenvalue weighted by Gasteiger charge is -2.08. The molecule has 5 heterocycles. The topological polar surface area (TPSA) is 179 Å². The quantitative estimate of drug-likeness (QED) is 0.0498. The number of rotatable bonds is 14. The molecule has 0 bridgehead atoms. The van der Waals surface area contributed by atoms with Crippen LogP contribution in [0.3, 0.4) is 0 Å². The minimum Gasteiger partial charge on any atom is -0.508 e. The largest absolute Gasteiger partial charge is 0.508 e. The van der Waals surface area contributed by atoms with Crippen LogP contribution in [0.2, 0.25) is 0 Å². The third-order valence-electron chi connectivity index (χ3n) is 9.09. The Hall–Kier alpha value is -6.92. The number of aromatic hydroxyl groups is 3. The molecule has 8 aromatic rings. The van der Waals surface area contributed by atoms with Crippen LogP contribution in [-0.2, 0) is 24.0 Å². The second-order valence-corrected chi connectivity index (χ2v) is 13.1. The number of anilines is 2. The normalized spacial score (nSPS) is 10.7. The number of ether oxygens (including phenoxy) is 1. The maximum Gasteiger partial charge on any atom is 0.125 e. The molecule has 5 aromatic heterocycles. The second-order valence-electron chi connectivity index (χ2n) is 13.1. The van der Waals surface area contributed by atoms with Crippen molar-refractivity contribution in [1.82, 2.24) is 30.2 Å². The lowest BCUT2D eigenvalue weighted by molar-refractivity contribution is 0.202. The highest BCUT2D eigenvalue weighted by atomic mass is 16.5. The molecule has 0 atom stereocenters. The molecule has 0 radical (unpaired) electrons. The van der Waals surface area contributed by atoms with Crippen LogP contribution in [0.15, 0.2) is 134 Å². The number of H-pyrrole nitrogens is 3. The minimum atomic E-state index is 0.279. The molecular formula is C44H48N8O4. The van der Waals surface area contributed by atoms with Crippen molar-refractivity contribution in [1.29, 1.82) is 0 Å². The average molecular weight is 753 g/mol. The molecule has 9 N–H and O–H groups in total. The van der Waals surface area contributed by atoms with Gasteiger partial charge in [-0.15, -0.1) is 0 Å². The number of phenols is 3. The molecular weight excluding hydrogens is 705 g/mol. The summed E-state index contributed by atoms with van der Waals surface area (Å²) in [5, 5.41) is 41.6. The Bertz CT molecular complexity index is 2320. The van der Waals surface area contributed by atoms with Crippen molar-refractivity contribution in [2.45, 2.75) is 19.3 Å². The zero-order valence-electron chi connectivity index (χ0n) is 31.3. The van der Waals surface area contributed by atoms with Gasteiger partial charge in [-0.25, -0.2) is 4.98 Å². The fourth-order valence-electron chi connectivity index (χ4n) is 6.28. The number of aromatic amines is 3. The fourth-order valence-corrected chi connectivity index (χ4v) is 6.28. The first kappa shape index (κ1) is 38.8. The second kappa shape index (κ2) is 19.4. The lowest BCUT2D eigenvalue weighted by atomic mass is 10.1. The van der Waals surface area contributed by atoms with Crippen LogP contribution in [0.1, 0.15) is 16.7 Å². The van der Waals surface area contributed by atoms with Crippen molar-refractivity contribution in [3.8, 4) is 17.2 Å². The number of methoxy groups -OCH3 is 1. The average Bonchev–Trinajstić information content (AvgIpc) is 3.93. The van der Waals surface area contributed by atoms with Gasteiger partial charge in [0.05, 0.1) is 12.3 Å². The molecule has 0 saturated heterocycles. The minimum absolute atomic E-state index is 0.279. The van der Waals surface area contributed by atoms with Gasteiger partial charge in [-0.3, -0.25) is 4.98 Å². The molecule has 56 heavy (non-hydrogen) atoms. The standard InChI is InChI=1S/2C15H15N3O.C14H18N2O2/c19-13-3-4-15-14(8-13)11(9-18-15)5-7-17-12-2-1-6-16-10-12;19-12-4-5-14-13(9-12)11(10-18-14)6-8-17-15-3-1-2-7-16-15;1-10(15-5-6-18-2)7-11-9-16-14-4-3-12(17)8-13(11)14/h1-4,6,8-10,17-19H,5,7H2;1-5,7,9-10,18-19H,6,8H2,(H,16,17);3-4,8-9,15-17H,1,5-7H2,2H3. The monoisotopic (exact) mass is 752 g/mol. The summed E-state index contributed by atoms with van der Waals surface area (Å²) in [7, 11) is 1.67. The van der Waals surface area contributed by atoms with E-state index in [1.807, 2.05) is 67.1 Å². The van der Waals surface area contributed by atoms with E-state index in [0.29, 0.717) is 18.1 Å². The summed E-state index contributed by atoms with van der Waals surface area (Å²) in [6.45, 7) is 7.03. The fraction of sp³-hybridized carbons (Fsp3) is 0.182. The third-order valence-corrected chi connectivity index (χ3v) is 9.09. The summed E-state index contributed by atoms with van der Waals surface area (Å²) >= 11 is 0. The molecule has 0 unspecified atom stereocenters. The van der Waals surface area contributed by atoms with Gasteiger partial charge >= 0.3 is 0 Å². The summed E-state index contributed by atoms with van der Waals surface area (Å²) in [5.41, 5.74) is 8.58. The van der Waals surface area contributed by atoms with E-state index >= 15 is 0 Å². The Morgan fingerprint density at radius 3 is 1.77 bits per heavy atom. The lowest BCUT2D eigenvalue weighted by Crippen LogP contribution is -2.19. The van der Waals surface area contributed by atoms with Crippen molar-refractivity contribution >= 4 is 44.2 Å². The molecule has 0 spiro atoms. The van der Waals surface area contributed by atoms with E-state index in [1.54, 1.807) is 62.1 Å². The van der Waals surface area contributed by atoms with Crippen molar-refractivity contribution in [2.75, 3.05) is 44.0 Å². The van der Waals surface area contributed by atoms with Gasteiger partial charge in [-0.2, -0.15) is 0 Å². The number of benzene rings is 3. The predicted octanol–water partition coefficient (Wildman–Crippen LogP) is 8.01. The molecule has 0 aliphatic heterocycles. The van der Waals surface area contributed by atoms with Gasteiger partial charge in [-0.1, -0.05) is 12.6 Å². The number of fused-ring (bicyclic) bond motifs is 3. The summed E-state index contributed by atoms with van der Waals surface area (Å²) in [6.07, 6.45) is 13.8. The molecule has 0 aliphatic carbocycles. The van der Waals surface area contributed by atoms with Crippen LogP contribution in [0.4, 0.5) is 11.5 Å². The molecule has 0 amide bonds. The van der Waals surface area contributed by atoms with E-state index in [9.17, 15) is 15.3 Å². The highest BCUT2D eigenvalue weighted by Gasteiger charge is 2.07. The molecule has 0 fully saturated rings. The van der Waals surface area contributed by atoms with Crippen LogP contribution in [0.25, 0.3) is 32.7 Å². The number of allylic oxidation sites excluding steroid dienone is 1. The van der Waals surface area contributed by atoms with Crippen LogP contribution < -0.4 is 16.0 Å². The highest BCUT2D eigenvalue weighted by molar-refractivity contribution is 5.86. The molecule has 12 heteroatoms. The van der Waals surface area contributed by atoms with Crippen LogP contribution >= 0.6 is 0 Å². The number of pyridine rings is 2. The molecule has 8 rings (SSSR count). The molecule has 288 valence electrons. The highest BCUT2D eigenvalue weighted by Crippen LogP contribution is 2.26. The summed E-state index contributed by atoms with van der Waals surface area (Å²) < 4.78 is 4.97. The summed E-state index contributed by atoms with van der Waals surface area (Å²) in [6, 6.07) is 25.8. The molecule has 0 aliphatic rings. The summed E-state index contributed by atoms with van der Waals surface area (Å²) in [5.74, 6) is 1.76. The molecule has 12 nitrogen and oxygen atoms in total. The number of nitrogens with zero attached hydrogens (tertiary/aromatic N) is 2. The number of hydrogen-bond donors (Lipinski definition) is 9. The van der Waals surface area contributed by atoms with Crippen LogP contribution in [0, 0.1) is 0 Å². The van der Waals surface area contributed by atoms with Gasteiger partial charge in [0, 0.05) is 109 Å². The third kappa shape index (κ3) is 10.8. The van der Waals surface area contributed by atoms with Gasteiger partial charge in [0.25, 0.3) is 0 Å². The van der Waals surface area contributed by atoms with Crippen molar-refractivity contribution in [3.05, 3.63) is 151 Å². The number of aromatic nitrogens is 5. The SMILES string of the molecule is C=C(Cc1c[nH]c2ccc(O)cc12)NCCOC.Oc1ccc2[nH]cc(CCNc3ccccn3)c2c1.Oc1ccc2[nH]cc(CCNc3cccnc3)c2c1. The number of nitrogens with one attached hydrogen (secondary N) is 6. The first-order valence-corrected chi connectivity index (χ1v) is 18.4. The maximum absolute atomic E-state index is 9.54. The number of hydrogen-bond acceptors (Lipinski definition) is 9. The van der Waals surface area contributed by atoms with E-state index < -0.39 is 0 Å². The van der Waals surface area contributed by atoms with Gasteiger partial charge in [0.1, 0.15) is 23.1 Å². The van der Waals surface area contributed by atoms with Crippen molar-refractivity contribution in [3.63, 3.8) is 0 Å². The van der Waals surface area contributed by atoms with E-state index in [-0.39, 0.29) is 5.75 Å². The zero-order valence-corrected chi connectivity index (χ0v) is 31.3. The summed E-state index contributed by atoms with van der Waals surface area (Å²) in [4.78, 5) is 17.9. The van der Waals surface area contributed by atoms with Gasteiger partial charge in [0.15, 0.2) is 0 Å². The van der Waals surface area contributed by atoms with E-state index in [1.165, 1.54) is 11.1 Å². The maximum atomic E-state index is 9.54. The first-order chi connectivity index (χ1) is 27.4.